The molecule has 1 fully saturated rings. The second-order valence-corrected chi connectivity index (χ2v) is 5.33. The van der Waals surface area contributed by atoms with E-state index in [1.807, 2.05) is 11.8 Å². The van der Waals surface area contributed by atoms with Crippen LogP contribution in [0.15, 0.2) is 10.9 Å². The predicted octanol–water partition coefficient (Wildman–Crippen LogP) is 1.54. The monoisotopic (exact) mass is 251 g/mol. The van der Waals surface area contributed by atoms with Crippen molar-refractivity contribution in [1.82, 2.24) is 25.3 Å². The van der Waals surface area contributed by atoms with E-state index < -0.39 is 0 Å². The van der Waals surface area contributed by atoms with Crippen molar-refractivity contribution < 1.29 is 4.52 Å². The summed E-state index contributed by atoms with van der Waals surface area (Å²) in [5.41, 5.74) is 0. The molecule has 3 heterocycles. The van der Waals surface area contributed by atoms with Crippen LogP contribution in [0.5, 0.6) is 0 Å². The Hall–Kier alpha value is -1.37. The molecule has 2 aromatic rings. The maximum Gasteiger partial charge on any atom is 0.239 e. The zero-order chi connectivity index (χ0) is 11.5. The number of aromatic amines is 1. The molecule has 3 rings (SSSR count). The van der Waals surface area contributed by atoms with E-state index in [1.165, 1.54) is 30.7 Å². The minimum Gasteiger partial charge on any atom is -0.339 e. The average molecular weight is 251 g/mol. The minimum absolute atomic E-state index is 0.489. The van der Waals surface area contributed by atoms with E-state index in [1.54, 1.807) is 0 Å². The first-order valence-corrected chi connectivity index (χ1v) is 6.83. The Balaban J connectivity index is 1.68. The van der Waals surface area contributed by atoms with Crippen LogP contribution in [0, 0.1) is 5.92 Å². The number of nitrogens with zero attached hydrogens (tertiary/aromatic N) is 4. The van der Waals surface area contributed by atoms with Gasteiger partial charge in [-0.2, -0.15) is 21.8 Å². The number of hydrogen-bond donors (Lipinski definition) is 1. The standard InChI is InChI=1S/C10H13N5OS/c1-3-17-4-2-7(1)5-8-13-10(15-16-8)9-11-6-12-14-9/h6-7H,1-5H2,(H,11,12,14). The van der Waals surface area contributed by atoms with Crippen molar-refractivity contribution in [2.45, 2.75) is 19.3 Å². The molecule has 1 aliphatic heterocycles. The molecule has 2 aromatic heterocycles. The van der Waals surface area contributed by atoms with E-state index in [-0.39, 0.29) is 0 Å². The Labute approximate surface area is 103 Å². The lowest BCUT2D eigenvalue weighted by Crippen LogP contribution is -2.12. The van der Waals surface area contributed by atoms with Crippen molar-refractivity contribution in [3.05, 3.63) is 12.2 Å². The van der Waals surface area contributed by atoms with Gasteiger partial charge in [-0.1, -0.05) is 5.16 Å². The topological polar surface area (TPSA) is 80.5 Å². The largest absolute Gasteiger partial charge is 0.339 e. The van der Waals surface area contributed by atoms with Gasteiger partial charge in [0.1, 0.15) is 6.33 Å². The molecule has 0 atom stereocenters. The summed E-state index contributed by atoms with van der Waals surface area (Å²) in [4.78, 5) is 8.32. The van der Waals surface area contributed by atoms with E-state index in [0.717, 1.165) is 6.42 Å². The number of H-pyrrole nitrogens is 1. The zero-order valence-electron chi connectivity index (χ0n) is 9.30. The molecular formula is C10H13N5OS. The normalized spacial score (nSPS) is 17.4. The van der Waals surface area contributed by atoms with Crippen molar-refractivity contribution in [2.75, 3.05) is 11.5 Å². The van der Waals surface area contributed by atoms with Crippen LogP contribution in [0.25, 0.3) is 11.6 Å². The Kier molecular flexibility index (Phi) is 3.08. The van der Waals surface area contributed by atoms with Crippen LogP contribution in [-0.4, -0.2) is 36.8 Å². The second-order valence-electron chi connectivity index (χ2n) is 4.11. The highest BCUT2D eigenvalue weighted by atomic mass is 32.2. The van der Waals surface area contributed by atoms with Crippen molar-refractivity contribution in [3.8, 4) is 11.6 Å². The van der Waals surface area contributed by atoms with E-state index in [2.05, 4.69) is 25.3 Å². The van der Waals surface area contributed by atoms with E-state index in [9.17, 15) is 0 Å². The molecule has 0 radical (unpaired) electrons. The molecule has 0 saturated carbocycles. The lowest BCUT2D eigenvalue weighted by atomic mass is 9.99. The SMILES string of the molecule is c1n[nH]c(-c2noc(CC3CCSCC3)n2)n1. The molecule has 17 heavy (non-hydrogen) atoms. The molecule has 1 N–H and O–H groups in total. The molecule has 0 amide bonds. The van der Waals surface area contributed by atoms with Gasteiger partial charge in [-0.3, -0.25) is 5.10 Å². The number of hydrogen-bond acceptors (Lipinski definition) is 6. The third-order valence-corrected chi connectivity index (χ3v) is 3.95. The van der Waals surface area contributed by atoms with Crippen molar-refractivity contribution >= 4 is 11.8 Å². The van der Waals surface area contributed by atoms with Crippen molar-refractivity contribution in [3.63, 3.8) is 0 Å². The van der Waals surface area contributed by atoms with Crippen LogP contribution in [0.1, 0.15) is 18.7 Å². The first-order valence-electron chi connectivity index (χ1n) is 5.68. The number of thioether (sulfide) groups is 1. The third-order valence-electron chi connectivity index (χ3n) is 2.90. The first kappa shape index (κ1) is 10.8. The molecule has 1 saturated heterocycles. The summed E-state index contributed by atoms with van der Waals surface area (Å²) in [6.07, 6.45) is 4.79. The van der Waals surface area contributed by atoms with Crippen LogP contribution < -0.4 is 0 Å². The molecule has 6 nitrogen and oxygen atoms in total. The summed E-state index contributed by atoms with van der Waals surface area (Å²) in [6, 6.07) is 0. The van der Waals surface area contributed by atoms with Gasteiger partial charge in [-0.25, -0.2) is 4.98 Å². The molecule has 0 aliphatic carbocycles. The van der Waals surface area contributed by atoms with E-state index in [4.69, 9.17) is 4.52 Å². The molecular weight excluding hydrogens is 238 g/mol. The maximum atomic E-state index is 5.24. The number of rotatable bonds is 3. The fourth-order valence-corrected chi connectivity index (χ4v) is 3.15. The summed E-state index contributed by atoms with van der Waals surface area (Å²) >= 11 is 2.02. The fourth-order valence-electron chi connectivity index (χ4n) is 1.94. The molecule has 1 aliphatic rings. The van der Waals surface area contributed by atoms with E-state index in [0.29, 0.717) is 23.5 Å². The first-order chi connectivity index (χ1) is 8.42. The molecule has 0 bridgehead atoms. The molecule has 90 valence electrons. The number of nitrogens with one attached hydrogen (secondary N) is 1. The van der Waals surface area contributed by atoms with Gasteiger partial charge in [0.2, 0.25) is 11.7 Å². The highest BCUT2D eigenvalue weighted by Gasteiger charge is 2.18. The van der Waals surface area contributed by atoms with Gasteiger partial charge in [0.25, 0.3) is 0 Å². The van der Waals surface area contributed by atoms with Crippen LogP contribution in [0.4, 0.5) is 0 Å². The third kappa shape index (κ3) is 2.49. The molecule has 0 spiro atoms. The highest BCUT2D eigenvalue weighted by Crippen LogP contribution is 2.25. The lowest BCUT2D eigenvalue weighted by Gasteiger charge is -2.19. The maximum absolute atomic E-state index is 5.24. The molecule has 0 unspecified atom stereocenters. The van der Waals surface area contributed by atoms with Gasteiger partial charge in [0.15, 0.2) is 5.82 Å². The Morgan fingerprint density at radius 1 is 1.41 bits per heavy atom. The van der Waals surface area contributed by atoms with Crippen molar-refractivity contribution in [2.24, 2.45) is 5.92 Å². The van der Waals surface area contributed by atoms with Crippen LogP contribution in [0.2, 0.25) is 0 Å². The fraction of sp³-hybridized carbons (Fsp3) is 0.600. The van der Waals surface area contributed by atoms with Gasteiger partial charge in [-0.05, 0) is 30.3 Å². The Morgan fingerprint density at radius 2 is 2.29 bits per heavy atom. The Morgan fingerprint density at radius 3 is 3.06 bits per heavy atom. The van der Waals surface area contributed by atoms with Gasteiger partial charge in [-0.15, -0.1) is 0 Å². The second kappa shape index (κ2) is 4.87. The van der Waals surface area contributed by atoms with E-state index >= 15 is 0 Å². The van der Waals surface area contributed by atoms with Crippen LogP contribution >= 0.6 is 11.8 Å². The highest BCUT2D eigenvalue weighted by molar-refractivity contribution is 7.99. The quantitative estimate of drug-likeness (QED) is 0.891. The molecule has 7 heteroatoms. The summed E-state index contributed by atoms with van der Waals surface area (Å²) < 4.78 is 5.24. The molecule has 0 aromatic carbocycles. The summed E-state index contributed by atoms with van der Waals surface area (Å²) in [5, 5.41) is 10.4. The smallest absolute Gasteiger partial charge is 0.239 e. The van der Waals surface area contributed by atoms with Gasteiger partial charge in [0, 0.05) is 6.42 Å². The number of aromatic nitrogens is 5. The van der Waals surface area contributed by atoms with Gasteiger partial charge >= 0.3 is 0 Å². The van der Waals surface area contributed by atoms with Crippen LogP contribution in [-0.2, 0) is 6.42 Å². The summed E-state index contributed by atoms with van der Waals surface area (Å²) in [6.45, 7) is 0. The Bertz CT molecular complexity index is 463. The summed E-state index contributed by atoms with van der Waals surface area (Å²) in [7, 11) is 0. The van der Waals surface area contributed by atoms with Crippen LogP contribution in [0.3, 0.4) is 0 Å². The predicted molar refractivity (Wildman–Crippen MR) is 63.4 cm³/mol. The van der Waals surface area contributed by atoms with Crippen molar-refractivity contribution in [1.29, 1.82) is 0 Å². The van der Waals surface area contributed by atoms with Gasteiger partial charge < -0.3 is 4.52 Å². The van der Waals surface area contributed by atoms with Gasteiger partial charge in [0.05, 0.1) is 0 Å². The lowest BCUT2D eigenvalue weighted by molar-refractivity contribution is 0.344. The zero-order valence-corrected chi connectivity index (χ0v) is 10.1. The average Bonchev–Trinajstić information content (AvgIpc) is 3.00. The minimum atomic E-state index is 0.489. The summed E-state index contributed by atoms with van der Waals surface area (Å²) in [5.74, 6) is 4.91.